The summed E-state index contributed by atoms with van der Waals surface area (Å²) in [5.41, 5.74) is 2.32. The molecule has 4 fully saturated rings. The first-order chi connectivity index (χ1) is 26.6. The van der Waals surface area contributed by atoms with Crippen molar-refractivity contribution >= 4 is 33.9 Å². The van der Waals surface area contributed by atoms with Crippen LogP contribution in [-0.4, -0.2) is 64.7 Å². The fraction of sp³-hybridized carbons (Fsp3) is 0.386. The minimum absolute atomic E-state index is 0.144. The number of amides is 2. The average molecular weight is 818 g/mol. The van der Waals surface area contributed by atoms with Gasteiger partial charge in [-0.15, -0.1) is 0 Å². The van der Waals surface area contributed by atoms with E-state index in [1.54, 1.807) is 40.1 Å². The summed E-state index contributed by atoms with van der Waals surface area (Å²) < 4.78 is 37.2. The number of rotatable bonds is 7. The maximum atomic E-state index is 13.9. The van der Waals surface area contributed by atoms with Crippen molar-refractivity contribution in [2.45, 2.75) is 56.2 Å². The van der Waals surface area contributed by atoms with Gasteiger partial charge in [-0.25, -0.2) is 18.4 Å². The number of ether oxygens (including phenoxy) is 2. The Morgan fingerprint density at radius 2 is 1.04 bits per heavy atom. The molecular weight excluding hydrogens is 770 g/mol. The van der Waals surface area contributed by atoms with E-state index < -0.39 is 5.60 Å². The van der Waals surface area contributed by atoms with Gasteiger partial charge in [0.25, 0.3) is 0 Å². The predicted octanol–water partition coefficient (Wildman–Crippen LogP) is 8.73. The second-order valence-corrected chi connectivity index (χ2v) is 15.6. The highest BCUT2D eigenvalue weighted by Gasteiger charge is 2.49. The summed E-state index contributed by atoms with van der Waals surface area (Å²) in [5.74, 6) is 1.13. The van der Waals surface area contributed by atoms with Gasteiger partial charge in [-0.1, -0.05) is 113 Å². The average Bonchev–Trinajstić information content (AvgIpc) is 3.94. The molecule has 2 saturated carbocycles. The molecule has 0 spiro atoms. The Morgan fingerprint density at radius 1 is 0.636 bits per heavy atom. The van der Waals surface area contributed by atoms with Crippen LogP contribution >= 0.6 is 15.9 Å². The maximum Gasteiger partial charge on any atom is 0.410 e. The number of halogens is 3. The lowest BCUT2D eigenvalue weighted by Gasteiger charge is -2.26. The van der Waals surface area contributed by atoms with Gasteiger partial charge in [-0.3, -0.25) is 4.79 Å². The summed E-state index contributed by atoms with van der Waals surface area (Å²) in [6, 6.07) is 32.6. The van der Waals surface area contributed by atoms with Crippen LogP contribution < -0.4 is 0 Å². The molecule has 2 saturated heterocycles. The number of alkyl halides is 1. The minimum Gasteiger partial charge on any atom is -0.445 e. The fourth-order valence-electron chi connectivity index (χ4n) is 8.20. The number of nitrogens with zero attached hydrogens (tertiary/aromatic N) is 2. The highest BCUT2D eigenvalue weighted by atomic mass is 79.9. The summed E-state index contributed by atoms with van der Waals surface area (Å²) in [6.45, 7) is 3.11. The number of benzene rings is 4. The Bertz CT molecular complexity index is 1870. The van der Waals surface area contributed by atoms with Crippen molar-refractivity contribution in [1.82, 2.24) is 9.80 Å². The van der Waals surface area contributed by atoms with Gasteiger partial charge in [0, 0.05) is 50.8 Å². The number of hydrogen-bond acceptors (Lipinski definition) is 6. The van der Waals surface area contributed by atoms with Crippen LogP contribution in [0.5, 0.6) is 0 Å². The van der Waals surface area contributed by atoms with Crippen molar-refractivity contribution in [3.63, 3.8) is 0 Å². The molecule has 1 N–H and O–H groups in total. The first kappa shape index (κ1) is 40.1. The Labute approximate surface area is 329 Å². The monoisotopic (exact) mass is 816 g/mol. The number of carbonyl (C=O) groups excluding carboxylic acids is 3. The summed E-state index contributed by atoms with van der Waals surface area (Å²) in [7, 11) is 0. The zero-order valence-electron chi connectivity index (χ0n) is 30.7. The molecule has 2 aliphatic heterocycles. The Morgan fingerprint density at radius 3 is 1.45 bits per heavy atom. The molecule has 8 nitrogen and oxygen atoms in total. The van der Waals surface area contributed by atoms with Crippen molar-refractivity contribution in [2.24, 2.45) is 23.7 Å². The first-order valence-electron chi connectivity index (χ1n) is 18.8. The second kappa shape index (κ2) is 18.8. The molecule has 55 heavy (non-hydrogen) atoms. The summed E-state index contributed by atoms with van der Waals surface area (Å²) in [6.07, 6.45) is 2.21. The minimum atomic E-state index is -0.891. The van der Waals surface area contributed by atoms with Crippen molar-refractivity contribution in [1.29, 1.82) is 0 Å². The molecule has 11 heteroatoms. The van der Waals surface area contributed by atoms with E-state index in [2.05, 4.69) is 15.9 Å². The number of ketones is 1. The molecule has 4 aromatic rings. The van der Waals surface area contributed by atoms with Gasteiger partial charge < -0.3 is 24.4 Å². The third-order valence-corrected chi connectivity index (χ3v) is 11.5. The predicted molar refractivity (Wildman–Crippen MR) is 208 cm³/mol. The van der Waals surface area contributed by atoms with Crippen LogP contribution in [0, 0.1) is 35.3 Å². The van der Waals surface area contributed by atoms with Crippen LogP contribution in [0.2, 0.25) is 0 Å². The zero-order valence-corrected chi connectivity index (χ0v) is 32.3. The Kier molecular flexibility index (Phi) is 13.7. The smallest absolute Gasteiger partial charge is 0.410 e. The lowest BCUT2D eigenvalue weighted by Crippen LogP contribution is -2.35. The standard InChI is InChI=1S/C22H24FNO3.C15H17NO3.C7H6BrF/c23-20-9-5-4-8-17(20)10-22(26)11-18-13-24(14-19(18)12-22)21(25)27-15-16-6-2-1-3-7-16;17-14-6-12-8-16(9-13(12)7-14)15(18)19-10-11-4-2-1-3-5-11;8-5-6-3-1-2-4-7(6)9/h1-9,18-19,26H,10-15H2;1-5,12-13H,6-10H2;1-4H,5H2/t18-,19+,22?;12-,13+;. The largest absolute Gasteiger partial charge is 0.445 e. The molecule has 290 valence electrons. The molecule has 4 aliphatic rings. The number of aliphatic hydroxyl groups is 1. The normalized spacial score (nSPS) is 23.5. The van der Waals surface area contributed by atoms with E-state index in [0.29, 0.717) is 99.0 Å². The summed E-state index contributed by atoms with van der Waals surface area (Å²) >= 11 is 3.17. The second-order valence-electron chi connectivity index (χ2n) is 15.0. The van der Waals surface area contributed by atoms with Crippen LogP contribution in [0.3, 0.4) is 0 Å². The highest BCUT2D eigenvalue weighted by Crippen LogP contribution is 2.45. The van der Waals surface area contributed by atoms with E-state index in [1.807, 2.05) is 66.7 Å². The number of Topliss-reactive ketones (excluding diaryl/α,β-unsaturated/α-hetero) is 1. The Balaban J connectivity index is 0.000000159. The van der Waals surface area contributed by atoms with E-state index >= 15 is 0 Å². The Hall–Kier alpha value is -4.61. The van der Waals surface area contributed by atoms with E-state index in [9.17, 15) is 28.3 Å². The number of likely N-dealkylation sites (tertiary alicyclic amines) is 2. The van der Waals surface area contributed by atoms with Gasteiger partial charge in [0.2, 0.25) is 0 Å². The molecule has 8 rings (SSSR count). The molecule has 1 unspecified atom stereocenters. The zero-order chi connectivity index (χ0) is 38.8. The molecule has 2 amide bonds. The molecule has 2 heterocycles. The lowest BCUT2D eigenvalue weighted by atomic mass is 9.91. The number of carbonyl (C=O) groups is 3. The fourth-order valence-corrected chi connectivity index (χ4v) is 8.65. The van der Waals surface area contributed by atoms with Crippen molar-refractivity contribution < 1.29 is 37.7 Å². The molecular formula is C44H47BrF2N2O6. The quantitative estimate of drug-likeness (QED) is 0.188. The topological polar surface area (TPSA) is 96.4 Å². The molecule has 4 aromatic carbocycles. The van der Waals surface area contributed by atoms with E-state index in [4.69, 9.17) is 9.47 Å². The number of fused-ring (bicyclic) bond motifs is 2. The van der Waals surface area contributed by atoms with Gasteiger partial charge in [0.15, 0.2) is 0 Å². The van der Waals surface area contributed by atoms with Crippen molar-refractivity contribution in [2.75, 3.05) is 26.2 Å². The molecule has 0 radical (unpaired) electrons. The van der Waals surface area contributed by atoms with E-state index in [-0.39, 0.29) is 42.3 Å². The van der Waals surface area contributed by atoms with Gasteiger partial charge in [-0.2, -0.15) is 0 Å². The van der Waals surface area contributed by atoms with Gasteiger partial charge in [-0.05, 0) is 70.9 Å². The molecule has 5 atom stereocenters. The van der Waals surface area contributed by atoms with Crippen molar-refractivity contribution in [3.05, 3.63) is 143 Å². The van der Waals surface area contributed by atoms with Crippen LogP contribution in [0.15, 0.2) is 109 Å². The van der Waals surface area contributed by atoms with E-state index in [0.717, 1.165) is 11.1 Å². The SMILES string of the molecule is Fc1ccccc1CBr.O=C(OCc1ccccc1)N1C[C@@H]2CC(O)(Cc3ccccc3F)C[C@@H]2C1.O=C1C[C@@H]2CN(C(=O)OCc3ccccc3)C[C@@H]2C1. The van der Waals surface area contributed by atoms with Crippen LogP contribution in [0.25, 0.3) is 0 Å². The van der Waals surface area contributed by atoms with Gasteiger partial charge in [0.1, 0.15) is 30.6 Å². The van der Waals surface area contributed by atoms with Crippen LogP contribution in [0.1, 0.15) is 47.9 Å². The first-order valence-corrected chi connectivity index (χ1v) is 19.9. The third kappa shape index (κ3) is 11.0. The summed E-state index contributed by atoms with van der Waals surface area (Å²) in [5, 5.41) is 11.5. The van der Waals surface area contributed by atoms with Crippen LogP contribution in [-0.2, 0) is 39.2 Å². The number of hydrogen-bond donors (Lipinski definition) is 1. The molecule has 0 bridgehead atoms. The van der Waals surface area contributed by atoms with Crippen molar-refractivity contribution in [3.8, 4) is 0 Å². The van der Waals surface area contributed by atoms with Gasteiger partial charge >= 0.3 is 12.2 Å². The third-order valence-electron chi connectivity index (χ3n) is 10.9. The van der Waals surface area contributed by atoms with Gasteiger partial charge in [0.05, 0.1) is 5.60 Å². The van der Waals surface area contributed by atoms with Crippen LogP contribution in [0.4, 0.5) is 18.4 Å². The summed E-state index contributed by atoms with van der Waals surface area (Å²) in [4.78, 5) is 39.1. The maximum absolute atomic E-state index is 13.9. The molecule has 2 aliphatic carbocycles. The molecule has 0 aromatic heterocycles. The van der Waals surface area contributed by atoms with E-state index in [1.165, 1.54) is 12.1 Å². The lowest BCUT2D eigenvalue weighted by molar-refractivity contribution is -0.118. The highest BCUT2D eigenvalue weighted by molar-refractivity contribution is 9.08.